The van der Waals surface area contributed by atoms with Gasteiger partial charge in [0, 0.05) is 16.6 Å². The number of fused-ring (bicyclic) bond motifs is 1. The fourth-order valence-corrected chi connectivity index (χ4v) is 3.35. The zero-order valence-electron chi connectivity index (χ0n) is 14.6. The van der Waals surface area contributed by atoms with E-state index in [1.807, 2.05) is 6.92 Å². The molecule has 3 aromatic rings. The maximum absolute atomic E-state index is 13.7. The quantitative estimate of drug-likeness (QED) is 0.455. The van der Waals surface area contributed by atoms with Crippen LogP contribution in [-0.2, 0) is 6.18 Å². The zero-order chi connectivity index (χ0) is 20.5. The maximum Gasteiger partial charge on any atom is 0.433 e. The van der Waals surface area contributed by atoms with Gasteiger partial charge in [-0.25, -0.2) is 9.50 Å². The summed E-state index contributed by atoms with van der Waals surface area (Å²) >= 11 is 6.49. The molecule has 0 spiro atoms. The van der Waals surface area contributed by atoms with E-state index in [1.54, 1.807) is 24.3 Å². The minimum atomic E-state index is -4.67. The predicted molar refractivity (Wildman–Crippen MR) is 106 cm³/mol. The summed E-state index contributed by atoms with van der Waals surface area (Å²) in [4.78, 5) is 16.6. The Kier molecular flexibility index (Phi) is 6.09. The number of hydrogen-bond acceptors (Lipinski definition) is 3. The number of carbonyl (C=O) groups excluding carboxylic acids is 1. The molecule has 0 saturated carbocycles. The van der Waals surface area contributed by atoms with Gasteiger partial charge < -0.3 is 5.32 Å². The van der Waals surface area contributed by atoms with E-state index in [0.29, 0.717) is 16.6 Å². The van der Waals surface area contributed by atoms with Crippen LogP contribution in [0.3, 0.4) is 0 Å². The van der Waals surface area contributed by atoms with Crippen LogP contribution < -0.4 is 5.32 Å². The molecule has 0 aliphatic rings. The number of nitrogens with one attached hydrogen (secondary N) is 1. The van der Waals surface area contributed by atoms with Crippen LogP contribution in [-0.4, -0.2) is 27.0 Å². The lowest BCUT2D eigenvalue weighted by atomic mass is 10.1. The van der Waals surface area contributed by atoms with Crippen molar-refractivity contribution in [1.29, 1.82) is 0 Å². The molecule has 1 N–H and O–H groups in total. The first-order valence-corrected chi connectivity index (χ1v) is 10.0. The van der Waals surface area contributed by atoms with E-state index in [9.17, 15) is 18.0 Å². The second-order valence-corrected chi connectivity index (χ2v) is 7.75. The van der Waals surface area contributed by atoms with Crippen LogP contribution in [0.5, 0.6) is 0 Å². The van der Waals surface area contributed by atoms with Crippen molar-refractivity contribution in [2.45, 2.75) is 25.9 Å². The van der Waals surface area contributed by atoms with Crippen molar-refractivity contribution in [3.8, 4) is 11.3 Å². The molecule has 1 aromatic carbocycles. The van der Waals surface area contributed by atoms with Crippen molar-refractivity contribution in [3.63, 3.8) is 0 Å². The number of nitrogens with zero attached hydrogens (tertiary/aromatic N) is 3. The van der Waals surface area contributed by atoms with Gasteiger partial charge in [-0.1, -0.05) is 41.4 Å². The number of rotatable bonds is 5. The Morgan fingerprint density at radius 2 is 1.89 bits per heavy atom. The number of benzene rings is 1. The number of amides is 1. The van der Waals surface area contributed by atoms with Crippen LogP contribution in [0.4, 0.5) is 13.2 Å². The Bertz CT molecular complexity index is 1020. The van der Waals surface area contributed by atoms with Crippen molar-refractivity contribution in [3.05, 3.63) is 50.7 Å². The third-order valence-electron chi connectivity index (χ3n) is 3.99. The Morgan fingerprint density at radius 3 is 2.50 bits per heavy atom. The second kappa shape index (κ2) is 8.20. The van der Waals surface area contributed by atoms with Crippen LogP contribution >= 0.6 is 31.9 Å². The fourth-order valence-electron chi connectivity index (χ4n) is 2.57. The molecule has 10 heteroatoms. The van der Waals surface area contributed by atoms with E-state index in [4.69, 9.17) is 0 Å². The number of carbonyl (C=O) groups is 1. The average Bonchev–Trinajstić information content (AvgIpc) is 2.98. The molecule has 0 unspecified atom stereocenters. The summed E-state index contributed by atoms with van der Waals surface area (Å²) in [6, 6.07) is 7.67. The van der Waals surface area contributed by atoms with E-state index in [2.05, 4.69) is 47.3 Å². The maximum atomic E-state index is 13.7. The van der Waals surface area contributed by atoms with Crippen LogP contribution in [0.25, 0.3) is 16.9 Å². The van der Waals surface area contributed by atoms with Gasteiger partial charge in [-0.05, 0) is 40.5 Å². The topological polar surface area (TPSA) is 59.3 Å². The highest BCUT2D eigenvalue weighted by atomic mass is 79.9. The average molecular weight is 520 g/mol. The third kappa shape index (κ3) is 4.22. The molecular formula is C18H15Br2F3N4O. The van der Waals surface area contributed by atoms with Gasteiger partial charge in [0.1, 0.15) is 0 Å². The van der Waals surface area contributed by atoms with E-state index in [1.165, 1.54) is 0 Å². The summed E-state index contributed by atoms with van der Waals surface area (Å²) in [5.41, 5.74) is -0.580. The molecule has 1 amide bonds. The summed E-state index contributed by atoms with van der Waals surface area (Å²) in [6.07, 6.45) is -3.04. The molecule has 3 rings (SSSR count). The normalized spacial score (nSPS) is 11.8. The van der Waals surface area contributed by atoms with E-state index in [0.717, 1.165) is 23.4 Å². The van der Waals surface area contributed by atoms with Crippen LogP contribution in [0.2, 0.25) is 0 Å². The molecule has 0 aliphatic heterocycles. The summed E-state index contributed by atoms with van der Waals surface area (Å²) in [5.74, 6) is -0.552. The number of hydrogen-bond donors (Lipinski definition) is 1. The highest BCUT2D eigenvalue weighted by Gasteiger charge is 2.36. The standard InChI is InChI=1S/C18H15Br2F3N4O/c1-2-3-8-24-17(28)15-14(20)16-25-12(10-4-6-11(19)7-5-10)9-13(18(21,22)23)27(16)26-15/h4-7,9H,2-3,8H2,1H3,(H,24,28). The fraction of sp³-hybridized carbons (Fsp3) is 0.278. The Labute approximate surface area is 175 Å². The highest BCUT2D eigenvalue weighted by molar-refractivity contribution is 9.11. The first-order chi connectivity index (χ1) is 13.2. The van der Waals surface area contributed by atoms with Gasteiger partial charge in [0.15, 0.2) is 17.0 Å². The van der Waals surface area contributed by atoms with Gasteiger partial charge in [0.2, 0.25) is 0 Å². The Balaban J connectivity index is 2.15. The van der Waals surface area contributed by atoms with Crippen molar-refractivity contribution in [2.24, 2.45) is 0 Å². The summed E-state index contributed by atoms with van der Waals surface area (Å²) in [7, 11) is 0. The minimum Gasteiger partial charge on any atom is -0.351 e. The van der Waals surface area contributed by atoms with Gasteiger partial charge in [-0.2, -0.15) is 18.3 Å². The zero-order valence-corrected chi connectivity index (χ0v) is 17.8. The van der Waals surface area contributed by atoms with Gasteiger partial charge in [0.05, 0.1) is 10.2 Å². The number of aromatic nitrogens is 3. The summed E-state index contributed by atoms with van der Waals surface area (Å²) in [5, 5.41) is 6.53. The largest absolute Gasteiger partial charge is 0.433 e. The molecule has 0 fully saturated rings. The molecule has 0 aliphatic carbocycles. The molecule has 2 aromatic heterocycles. The first kappa shape index (κ1) is 20.8. The Hall–Kier alpha value is -1.94. The first-order valence-electron chi connectivity index (χ1n) is 8.43. The van der Waals surface area contributed by atoms with Crippen molar-refractivity contribution < 1.29 is 18.0 Å². The lowest BCUT2D eigenvalue weighted by Gasteiger charge is -2.11. The van der Waals surface area contributed by atoms with E-state index in [-0.39, 0.29) is 21.5 Å². The molecule has 148 valence electrons. The second-order valence-electron chi connectivity index (χ2n) is 6.04. The SMILES string of the molecule is CCCCNC(=O)c1nn2c(C(F)(F)F)cc(-c3ccc(Br)cc3)nc2c1Br. The molecule has 0 bridgehead atoms. The number of alkyl halides is 3. The molecular weight excluding hydrogens is 505 g/mol. The van der Waals surface area contributed by atoms with E-state index >= 15 is 0 Å². The van der Waals surface area contributed by atoms with Crippen molar-refractivity contribution in [1.82, 2.24) is 19.9 Å². The lowest BCUT2D eigenvalue weighted by molar-refractivity contribution is -0.142. The molecule has 0 atom stereocenters. The van der Waals surface area contributed by atoms with Gasteiger partial charge in [0.25, 0.3) is 5.91 Å². The monoisotopic (exact) mass is 518 g/mol. The molecule has 0 radical (unpaired) electrons. The molecule has 28 heavy (non-hydrogen) atoms. The summed E-state index contributed by atoms with van der Waals surface area (Å²) < 4.78 is 42.5. The van der Waals surface area contributed by atoms with Gasteiger partial charge in [-0.15, -0.1) is 0 Å². The van der Waals surface area contributed by atoms with Crippen LogP contribution in [0.15, 0.2) is 39.3 Å². The Morgan fingerprint density at radius 1 is 1.21 bits per heavy atom. The van der Waals surface area contributed by atoms with Crippen molar-refractivity contribution >= 4 is 43.4 Å². The van der Waals surface area contributed by atoms with Crippen LogP contribution in [0.1, 0.15) is 35.9 Å². The predicted octanol–water partition coefficient (Wildman–Crippen LogP) is 5.47. The molecule has 2 heterocycles. The summed E-state index contributed by atoms with van der Waals surface area (Å²) in [6.45, 7) is 2.38. The van der Waals surface area contributed by atoms with Gasteiger partial charge in [-0.3, -0.25) is 4.79 Å². The minimum absolute atomic E-state index is 0.0756. The molecule has 0 saturated heterocycles. The smallest absolute Gasteiger partial charge is 0.351 e. The lowest BCUT2D eigenvalue weighted by Crippen LogP contribution is -2.25. The van der Waals surface area contributed by atoms with Crippen molar-refractivity contribution in [2.75, 3.05) is 6.54 Å². The van der Waals surface area contributed by atoms with Crippen LogP contribution in [0, 0.1) is 0 Å². The number of halogens is 5. The third-order valence-corrected chi connectivity index (χ3v) is 5.25. The van der Waals surface area contributed by atoms with E-state index < -0.39 is 17.8 Å². The molecule has 5 nitrogen and oxygen atoms in total. The number of unbranched alkanes of at least 4 members (excludes halogenated alkanes) is 1. The highest BCUT2D eigenvalue weighted by Crippen LogP contribution is 2.34. The van der Waals surface area contributed by atoms with Gasteiger partial charge >= 0.3 is 6.18 Å².